The second-order valence-electron chi connectivity index (χ2n) is 5.42. The molecule has 0 saturated carbocycles. The Morgan fingerprint density at radius 1 is 1.29 bits per heavy atom. The second kappa shape index (κ2) is 7.14. The molecule has 2 aromatic rings. The van der Waals surface area contributed by atoms with E-state index in [9.17, 15) is 26.0 Å². The van der Waals surface area contributed by atoms with Crippen LogP contribution in [0.4, 0.5) is 15.8 Å². The molecule has 2 aromatic carbocycles. The molecule has 0 spiro atoms. The number of rotatable bonds is 4. The first-order valence-electron chi connectivity index (χ1n) is 7.35. The van der Waals surface area contributed by atoms with E-state index in [0.29, 0.717) is 0 Å². The van der Waals surface area contributed by atoms with Crippen LogP contribution >= 0.6 is 15.9 Å². The summed E-state index contributed by atoms with van der Waals surface area (Å²) in [5.74, 6) is -2.14. The molecule has 13 heteroatoms. The molecule has 0 radical (unpaired) electrons. The Hall–Kier alpha value is -2.51. The summed E-state index contributed by atoms with van der Waals surface area (Å²) in [7, 11) is -7.40. The van der Waals surface area contributed by atoms with Crippen molar-refractivity contribution in [2.24, 2.45) is 4.40 Å². The molecule has 0 atom stereocenters. The van der Waals surface area contributed by atoms with E-state index < -0.39 is 48.0 Å². The zero-order valence-corrected chi connectivity index (χ0v) is 17.2. The van der Waals surface area contributed by atoms with Crippen molar-refractivity contribution in [3.63, 3.8) is 0 Å². The Kier molecular flexibility index (Phi) is 5.16. The summed E-state index contributed by atoms with van der Waals surface area (Å²) in [6, 6.07) is 5.52. The standard InChI is InChI=1S/C15H11BrFN3O6S2/c1-26-15(21)10-4-8(16)5-12(14(10)17)20-27(22,23)9-2-3-11-13(6-9)28(24,25)19-7-18-11/h2-7,20H,1H3,(H,18,19). The van der Waals surface area contributed by atoms with Gasteiger partial charge in [-0.1, -0.05) is 15.9 Å². The number of methoxy groups -OCH3 is 1. The van der Waals surface area contributed by atoms with Crippen LogP contribution in [-0.2, 0) is 24.8 Å². The van der Waals surface area contributed by atoms with Crippen molar-refractivity contribution >= 4 is 59.7 Å². The number of nitrogens with zero attached hydrogens (tertiary/aromatic N) is 1. The minimum absolute atomic E-state index is 0.149. The van der Waals surface area contributed by atoms with Crippen LogP contribution < -0.4 is 10.0 Å². The average molecular weight is 492 g/mol. The Bertz CT molecular complexity index is 1230. The predicted molar refractivity (Wildman–Crippen MR) is 102 cm³/mol. The van der Waals surface area contributed by atoms with Crippen molar-refractivity contribution in [2.75, 3.05) is 17.1 Å². The van der Waals surface area contributed by atoms with Gasteiger partial charge >= 0.3 is 5.97 Å². The van der Waals surface area contributed by atoms with Crippen molar-refractivity contribution in [1.29, 1.82) is 0 Å². The number of nitrogens with one attached hydrogen (secondary N) is 2. The van der Waals surface area contributed by atoms with Gasteiger partial charge in [-0.2, -0.15) is 8.42 Å². The predicted octanol–water partition coefficient (Wildman–Crippen LogP) is 2.32. The number of halogens is 2. The SMILES string of the molecule is COC(=O)c1cc(Br)cc(NS(=O)(=O)c2ccc3c(c2)S(=O)(=O)N=CN3)c1F. The summed E-state index contributed by atoms with van der Waals surface area (Å²) >= 11 is 3.06. The lowest BCUT2D eigenvalue weighted by Gasteiger charge is -2.15. The van der Waals surface area contributed by atoms with E-state index in [1.165, 1.54) is 6.07 Å². The molecule has 148 valence electrons. The van der Waals surface area contributed by atoms with Gasteiger partial charge in [0, 0.05) is 4.47 Å². The number of hydrogen-bond acceptors (Lipinski definition) is 7. The van der Waals surface area contributed by atoms with Crippen LogP contribution in [0.3, 0.4) is 0 Å². The lowest BCUT2D eigenvalue weighted by Crippen LogP contribution is -2.17. The van der Waals surface area contributed by atoms with Crippen LogP contribution in [0.1, 0.15) is 10.4 Å². The molecule has 1 aliphatic rings. The Balaban J connectivity index is 2.05. The fourth-order valence-electron chi connectivity index (χ4n) is 2.35. The fraction of sp³-hybridized carbons (Fsp3) is 0.0667. The van der Waals surface area contributed by atoms with Gasteiger partial charge in [-0.3, -0.25) is 4.72 Å². The van der Waals surface area contributed by atoms with Crippen LogP contribution in [0.25, 0.3) is 0 Å². The maximum atomic E-state index is 14.6. The number of fused-ring (bicyclic) bond motifs is 1. The monoisotopic (exact) mass is 491 g/mol. The molecule has 0 unspecified atom stereocenters. The molecular formula is C15H11BrFN3O6S2. The smallest absolute Gasteiger partial charge is 0.340 e. The molecule has 0 aliphatic carbocycles. The highest BCUT2D eigenvalue weighted by atomic mass is 79.9. The molecule has 28 heavy (non-hydrogen) atoms. The van der Waals surface area contributed by atoms with Crippen molar-refractivity contribution in [2.45, 2.75) is 9.79 Å². The highest BCUT2D eigenvalue weighted by Crippen LogP contribution is 2.31. The highest BCUT2D eigenvalue weighted by molar-refractivity contribution is 9.10. The summed E-state index contributed by atoms with van der Waals surface area (Å²) in [4.78, 5) is 10.9. The van der Waals surface area contributed by atoms with E-state index in [-0.39, 0.29) is 15.1 Å². The van der Waals surface area contributed by atoms with Gasteiger partial charge in [0.1, 0.15) is 11.2 Å². The van der Waals surface area contributed by atoms with Crippen molar-refractivity contribution in [3.05, 3.63) is 46.2 Å². The van der Waals surface area contributed by atoms with E-state index >= 15 is 0 Å². The number of hydrogen-bond donors (Lipinski definition) is 2. The molecule has 1 aliphatic heterocycles. The Morgan fingerprint density at radius 2 is 2.00 bits per heavy atom. The van der Waals surface area contributed by atoms with Gasteiger partial charge in [-0.15, -0.1) is 4.40 Å². The maximum absolute atomic E-state index is 14.6. The third-order valence-electron chi connectivity index (χ3n) is 3.64. The summed E-state index contributed by atoms with van der Waals surface area (Å²) in [6.45, 7) is 0. The van der Waals surface area contributed by atoms with Gasteiger partial charge in [-0.25, -0.2) is 17.6 Å². The maximum Gasteiger partial charge on any atom is 0.340 e. The fourth-order valence-corrected chi connectivity index (χ4v) is 4.94. The highest BCUT2D eigenvalue weighted by Gasteiger charge is 2.26. The van der Waals surface area contributed by atoms with Crippen molar-refractivity contribution in [1.82, 2.24) is 0 Å². The van der Waals surface area contributed by atoms with E-state index in [2.05, 4.69) is 30.4 Å². The number of ether oxygens (including phenoxy) is 1. The minimum Gasteiger partial charge on any atom is -0.465 e. The lowest BCUT2D eigenvalue weighted by atomic mass is 10.2. The molecule has 0 bridgehead atoms. The van der Waals surface area contributed by atoms with Gasteiger partial charge < -0.3 is 10.1 Å². The van der Waals surface area contributed by atoms with Crippen LogP contribution in [0.15, 0.2) is 49.0 Å². The largest absolute Gasteiger partial charge is 0.465 e. The third kappa shape index (κ3) is 3.72. The topological polar surface area (TPSA) is 131 Å². The first kappa shape index (κ1) is 20.2. The van der Waals surface area contributed by atoms with E-state index in [0.717, 1.165) is 37.7 Å². The molecule has 3 rings (SSSR count). The van der Waals surface area contributed by atoms with E-state index in [4.69, 9.17) is 0 Å². The third-order valence-corrected chi connectivity index (χ3v) is 6.74. The normalized spacial score (nSPS) is 14.7. The van der Waals surface area contributed by atoms with Crippen LogP contribution in [0.5, 0.6) is 0 Å². The van der Waals surface area contributed by atoms with Gasteiger partial charge in [0.25, 0.3) is 20.0 Å². The molecule has 0 fully saturated rings. The first-order valence-corrected chi connectivity index (χ1v) is 11.1. The van der Waals surface area contributed by atoms with E-state index in [1.54, 1.807) is 0 Å². The quantitative estimate of drug-likeness (QED) is 0.627. The van der Waals surface area contributed by atoms with Crippen LogP contribution in [-0.4, -0.2) is 36.3 Å². The Morgan fingerprint density at radius 3 is 2.68 bits per heavy atom. The van der Waals surface area contributed by atoms with Gasteiger partial charge in [-0.05, 0) is 30.3 Å². The summed E-state index contributed by atoms with van der Waals surface area (Å²) in [5.41, 5.74) is -0.858. The van der Waals surface area contributed by atoms with Gasteiger partial charge in [0.15, 0.2) is 5.82 Å². The number of benzene rings is 2. The second-order valence-corrected chi connectivity index (χ2v) is 9.62. The minimum atomic E-state index is -4.39. The van der Waals surface area contributed by atoms with E-state index in [1.807, 2.05) is 4.72 Å². The zero-order chi connectivity index (χ0) is 20.7. The zero-order valence-electron chi connectivity index (χ0n) is 13.9. The molecule has 0 amide bonds. The number of esters is 1. The average Bonchev–Trinajstić information content (AvgIpc) is 2.63. The number of carbonyl (C=O) groups excluding carboxylic acids is 1. The summed E-state index contributed by atoms with van der Waals surface area (Å²) < 4.78 is 73.8. The van der Waals surface area contributed by atoms with Crippen LogP contribution in [0, 0.1) is 5.82 Å². The van der Waals surface area contributed by atoms with Gasteiger partial charge in [0.05, 0.1) is 28.9 Å². The molecule has 1 heterocycles. The first-order chi connectivity index (χ1) is 13.0. The lowest BCUT2D eigenvalue weighted by molar-refractivity contribution is 0.0595. The molecule has 0 aromatic heterocycles. The van der Waals surface area contributed by atoms with Crippen molar-refractivity contribution in [3.8, 4) is 0 Å². The number of carbonyl (C=O) groups is 1. The molecule has 0 saturated heterocycles. The summed E-state index contributed by atoms with van der Waals surface area (Å²) in [5, 5.41) is 2.59. The molecular weight excluding hydrogens is 481 g/mol. The summed E-state index contributed by atoms with van der Waals surface area (Å²) in [6.07, 6.45) is 0.968. The van der Waals surface area contributed by atoms with Crippen molar-refractivity contribution < 1.29 is 30.8 Å². The van der Waals surface area contributed by atoms with Gasteiger partial charge in [0.2, 0.25) is 0 Å². The number of sulfonamides is 2. The Labute approximate surface area is 167 Å². The molecule has 9 nitrogen and oxygen atoms in total. The molecule has 2 N–H and O–H groups in total. The van der Waals surface area contributed by atoms with Crippen LogP contribution in [0.2, 0.25) is 0 Å². The number of anilines is 2.